The van der Waals surface area contributed by atoms with Gasteiger partial charge in [0.1, 0.15) is 23.1 Å². The number of rotatable bonds is 13. The molecule has 1 aliphatic rings. The molecule has 0 aromatic heterocycles. The van der Waals surface area contributed by atoms with Crippen LogP contribution in [0.1, 0.15) is 37.7 Å². The third kappa shape index (κ3) is 9.26. The molecule has 0 radical (unpaired) electrons. The fourth-order valence-electron chi connectivity index (χ4n) is 5.39. The van der Waals surface area contributed by atoms with Gasteiger partial charge < -0.3 is 29.9 Å². The molecule has 46 heavy (non-hydrogen) atoms. The molecule has 0 bridgehead atoms. The van der Waals surface area contributed by atoms with Gasteiger partial charge in [-0.05, 0) is 54.3 Å². The maximum Gasteiger partial charge on any atom is 0.319 e. The molecule has 0 saturated heterocycles. The van der Waals surface area contributed by atoms with Crippen LogP contribution in [0.15, 0.2) is 66.7 Å². The number of esters is 1. The van der Waals surface area contributed by atoms with Crippen LogP contribution >= 0.6 is 0 Å². The molecule has 12 heteroatoms. The minimum Gasteiger partial charge on any atom is -0.482 e. The summed E-state index contributed by atoms with van der Waals surface area (Å²) < 4.78 is 39.0. The van der Waals surface area contributed by atoms with Crippen molar-refractivity contribution in [1.29, 1.82) is 0 Å². The number of hydrogen-bond acceptors (Lipinski definition) is 6. The lowest BCUT2D eigenvalue weighted by Gasteiger charge is -2.27. The molecule has 4 rings (SSSR count). The van der Waals surface area contributed by atoms with Gasteiger partial charge in [-0.3, -0.25) is 14.4 Å². The highest BCUT2D eigenvalue weighted by molar-refractivity contribution is 5.99. The largest absolute Gasteiger partial charge is 0.482 e. The molecule has 0 heterocycles. The van der Waals surface area contributed by atoms with Gasteiger partial charge in [0.15, 0.2) is 6.61 Å². The average molecular weight is 637 g/mol. The van der Waals surface area contributed by atoms with Crippen molar-refractivity contribution in [3.05, 3.63) is 83.9 Å². The molecule has 1 fully saturated rings. The standard InChI is InChI=1S/C34H38F2N4O6/c1-39(33-26(35)13-8-14-27(33)36)31(42)22-46-29-16-6-5-15-28(29)40(18-17-23-9-3-4-10-23)30(41)21-37-34(44)38-25-12-7-11-24(19-25)20-32(43)45-2/h5-8,11-16,19,23H,3-4,9-10,17-18,20-22H2,1-2H3,(H2,37,38,44). The molecule has 4 amide bonds. The van der Waals surface area contributed by atoms with Crippen molar-refractivity contribution in [3.63, 3.8) is 0 Å². The minimum absolute atomic E-state index is 0.0471. The minimum atomic E-state index is -0.884. The van der Waals surface area contributed by atoms with Gasteiger partial charge in [-0.15, -0.1) is 0 Å². The highest BCUT2D eigenvalue weighted by Crippen LogP contribution is 2.32. The number of anilines is 3. The molecule has 0 unspecified atom stereocenters. The third-order valence-electron chi connectivity index (χ3n) is 7.85. The van der Waals surface area contributed by atoms with Crippen LogP contribution in [0.4, 0.5) is 30.6 Å². The fourth-order valence-corrected chi connectivity index (χ4v) is 5.39. The Hall–Kier alpha value is -5.00. The van der Waals surface area contributed by atoms with Crippen LogP contribution in [0, 0.1) is 17.6 Å². The van der Waals surface area contributed by atoms with Crippen molar-refractivity contribution in [3.8, 4) is 5.75 Å². The summed E-state index contributed by atoms with van der Waals surface area (Å²) in [6.07, 6.45) is 5.21. The number of nitrogens with zero attached hydrogens (tertiary/aromatic N) is 2. The summed E-state index contributed by atoms with van der Waals surface area (Å²) in [5.41, 5.74) is 1.00. The number of halogens is 2. The van der Waals surface area contributed by atoms with E-state index in [0.29, 0.717) is 29.4 Å². The molecule has 2 N–H and O–H groups in total. The molecule has 244 valence electrons. The van der Waals surface area contributed by atoms with Crippen molar-refractivity contribution >= 4 is 40.9 Å². The Balaban J connectivity index is 1.44. The van der Waals surface area contributed by atoms with Crippen molar-refractivity contribution < 1.29 is 37.4 Å². The summed E-state index contributed by atoms with van der Waals surface area (Å²) in [6.45, 7) is -0.514. The number of urea groups is 1. The van der Waals surface area contributed by atoms with E-state index in [1.165, 1.54) is 25.1 Å². The molecule has 3 aromatic carbocycles. The Labute approximate surface area is 266 Å². The van der Waals surface area contributed by atoms with Crippen molar-refractivity contribution in [2.75, 3.05) is 49.0 Å². The van der Waals surface area contributed by atoms with Crippen molar-refractivity contribution in [1.82, 2.24) is 5.32 Å². The van der Waals surface area contributed by atoms with Gasteiger partial charge in [0.05, 0.1) is 25.8 Å². The number of methoxy groups -OCH3 is 1. The van der Waals surface area contributed by atoms with Crippen molar-refractivity contribution in [2.45, 2.75) is 38.5 Å². The van der Waals surface area contributed by atoms with Gasteiger partial charge in [-0.25, -0.2) is 13.6 Å². The third-order valence-corrected chi connectivity index (χ3v) is 7.85. The van der Waals surface area contributed by atoms with Crippen LogP contribution in [0.5, 0.6) is 5.75 Å². The lowest BCUT2D eigenvalue weighted by atomic mass is 10.0. The number of carbonyl (C=O) groups is 4. The van der Waals surface area contributed by atoms with Gasteiger partial charge in [-0.1, -0.05) is 56.0 Å². The smallest absolute Gasteiger partial charge is 0.319 e. The molecule has 0 spiro atoms. The monoisotopic (exact) mass is 636 g/mol. The quantitative estimate of drug-likeness (QED) is 0.241. The number of ether oxygens (including phenoxy) is 2. The molecule has 0 aliphatic heterocycles. The first-order chi connectivity index (χ1) is 22.2. The predicted molar refractivity (Wildman–Crippen MR) is 170 cm³/mol. The van der Waals surface area contributed by atoms with E-state index in [0.717, 1.165) is 49.1 Å². The van der Waals surface area contributed by atoms with E-state index >= 15 is 0 Å². The summed E-state index contributed by atoms with van der Waals surface area (Å²) in [7, 11) is 2.55. The number of benzene rings is 3. The van der Waals surface area contributed by atoms with Gasteiger partial charge in [0, 0.05) is 19.3 Å². The number of carbonyl (C=O) groups excluding carboxylic acids is 4. The summed E-state index contributed by atoms with van der Waals surface area (Å²) in [6, 6.07) is 16.1. The van der Waals surface area contributed by atoms with Crippen LogP contribution in [0.2, 0.25) is 0 Å². The molecular formula is C34H38F2N4O6. The first-order valence-corrected chi connectivity index (χ1v) is 15.1. The van der Waals surface area contributed by atoms with E-state index in [2.05, 4.69) is 15.4 Å². The Bertz CT molecular complexity index is 1530. The average Bonchev–Trinajstić information content (AvgIpc) is 3.57. The zero-order chi connectivity index (χ0) is 33.1. The van der Waals surface area contributed by atoms with E-state index < -0.39 is 47.7 Å². The number of amides is 4. The summed E-state index contributed by atoms with van der Waals surface area (Å²) in [5, 5.41) is 5.26. The van der Waals surface area contributed by atoms with E-state index in [-0.39, 0.29) is 18.7 Å². The Morgan fingerprint density at radius 1 is 0.913 bits per heavy atom. The second-order valence-corrected chi connectivity index (χ2v) is 11.0. The van der Waals surface area contributed by atoms with E-state index in [4.69, 9.17) is 4.74 Å². The maximum atomic E-state index is 14.3. The molecule has 0 atom stereocenters. The normalized spacial score (nSPS) is 12.7. The lowest BCUT2D eigenvalue weighted by molar-refractivity contribution is -0.139. The summed E-state index contributed by atoms with van der Waals surface area (Å²) >= 11 is 0. The lowest BCUT2D eigenvalue weighted by Crippen LogP contribution is -2.42. The highest BCUT2D eigenvalue weighted by atomic mass is 19.1. The zero-order valence-corrected chi connectivity index (χ0v) is 25.9. The van der Waals surface area contributed by atoms with Gasteiger partial charge in [-0.2, -0.15) is 0 Å². The summed E-state index contributed by atoms with van der Waals surface area (Å²) in [4.78, 5) is 53.1. The van der Waals surface area contributed by atoms with E-state index in [1.54, 1.807) is 48.5 Å². The van der Waals surface area contributed by atoms with Gasteiger partial charge in [0.25, 0.3) is 5.91 Å². The molecule has 10 nitrogen and oxygen atoms in total. The molecule has 1 saturated carbocycles. The maximum absolute atomic E-state index is 14.3. The second kappa shape index (κ2) is 16.4. The van der Waals surface area contributed by atoms with Crippen LogP contribution < -0.4 is 25.2 Å². The SMILES string of the molecule is COC(=O)Cc1cccc(NC(=O)NCC(=O)N(CCC2CCCC2)c2ccccc2OCC(=O)N(C)c2c(F)cccc2F)c1. The molecule has 3 aromatic rings. The molecular weight excluding hydrogens is 598 g/mol. The van der Waals surface area contributed by atoms with Gasteiger partial charge >= 0.3 is 12.0 Å². The summed E-state index contributed by atoms with van der Waals surface area (Å²) in [5.74, 6) is -2.59. The van der Waals surface area contributed by atoms with Crippen LogP contribution in [0.3, 0.4) is 0 Å². The van der Waals surface area contributed by atoms with Crippen molar-refractivity contribution in [2.24, 2.45) is 5.92 Å². The van der Waals surface area contributed by atoms with E-state index in [9.17, 15) is 28.0 Å². The Morgan fingerprint density at radius 3 is 2.33 bits per heavy atom. The zero-order valence-electron chi connectivity index (χ0n) is 25.9. The second-order valence-electron chi connectivity index (χ2n) is 11.0. The van der Waals surface area contributed by atoms with E-state index in [1.807, 2.05) is 0 Å². The predicted octanol–water partition coefficient (Wildman–Crippen LogP) is 5.46. The Morgan fingerprint density at radius 2 is 1.61 bits per heavy atom. The Kier molecular flexibility index (Phi) is 12.0. The first kappa shape index (κ1) is 33.9. The van der Waals surface area contributed by atoms with Crippen LogP contribution in [0.25, 0.3) is 0 Å². The van der Waals surface area contributed by atoms with Crippen LogP contribution in [-0.2, 0) is 25.5 Å². The number of nitrogens with one attached hydrogen (secondary N) is 2. The topological polar surface area (TPSA) is 117 Å². The highest BCUT2D eigenvalue weighted by Gasteiger charge is 2.25. The number of para-hydroxylation sites is 3. The number of hydrogen-bond donors (Lipinski definition) is 2. The fraction of sp³-hybridized carbons (Fsp3) is 0.353. The van der Waals surface area contributed by atoms with Crippen LogP contribution in [-0.4, -0.2) is 57.7 Å². The first-order valence-electron chi connectivity index (χ1n) is 15.1. The molecule has 1 aliphatic carbocycles. The van der Waals surface area contributed by atoms with Gasteiger partial charge in [0.2, 0.25) is 5.91 Å². The number of likely N-dealkylation sites (N-methyl/N-ethyl adjacent to an activating group) is 1.